The molecule has 3 rings (SSSR count). The summed E-state index contributed by atoms with van der Waals surface area (Å²) in [4.78, 5) is 15.8. The Kier molecular flexibility index (Phi) is 3.41. The number of halogens is 1. The molecule has 104 valence electrons. The van der Waals surface area contributed by atoms with E-state index in [1.165, 1.54) is 12.1 Å². The Balaban J connectivity index is 1.69. The molecule has 0 aromatic heterocycles. The van der Waals surface area contributed by atoms with Gasteiger partial charge in [-0.25, -0.2) is 4.39 Å². The molecule has 4 nitrogen and oxygen atoms in total. The zero-order chi connectivity index (χ0) is 14.1. The summed E-state index contributed by atoms with van der Waals surface area (Å²) >= 11 is 0. The van der Waals surface area contributed by atoms with E-state index >= 15 is 0 Å². The SMILES string of the molecule is N#Cc1cc(F)cc(CN2CCN3C(=O)CCC3C2)c1. The van der Waals surface area contributed by atoms with Gasteiger partial charge in [-0.2, -0.15) is 5.26 Å². The number of benzene rings is 1. The number of nitriles is 1. The lowest BCUT2D eigenvalue weighted by Gasteiger charge is -2.37. The van der Waals surface area contributed by atoms with Gasteiger partial charge in [0.2, 0.25) is 5.91 Å². The van der Waals surface area contributed by atoms with Crippen molar-refractivity contribution in [2.75, 3.05) is 19.6 Å². The van der Waals surface area contributed by atoms with Crippen LogP contribution in [0, 0.1) is 17.1 Å². The summed E-state index contributed by atoms with van der Waals surface area (Å²) in [6.07, 6.45) is 1.57. The van der Waals surface area contributed by atoms with Crippen LogP contribution in [-0.4, -0.2) is 41.4 Å². The standard InChI is InChI=1S/C15H16FN3O/c16-13-6-11(8-17)5-12(7-13)9-18-3-4-19-14(10-18)1-2-15(19)20/h5-7,14H,1-4,9-10H2. The van der Waals surface area contributed by atoms with Crippen LogP contribution < -0.4 is 0 Å². The van der Waals surface area contributed by atoms with E-state index in [1.807, 2.05) is 11.0 Å². The fraction of sp³-hybridized carbons (Fsp3) is 0.467. The highest BCUT2D eigenvalue weighted by atomic mass is 19.1. The number of carbonyl (C=O) groups excluding carboxylic acids is 1. The van der Waals surface area contributed by atoms with Gasteiger partial charge in [-0.3, -0.25) is 9.69 Å². The summed E-state index contributed by atoms with van der Waals surface area (Å²) < 4.78 is 13.4. The van der Waals surface area contributed by atoms with Crippen LogP contribution in [0.2, 0.25) is 0 Å². The maximum Gasteiger partial charge on any atom is 0.222 e. The number of nitrogens with zero attached hydrogens (tertiary/aromatic N) is 3. The van der Waals surface area contributed by atoms with Gasteiger partial charge in [-0.05, 0) is 30.2 Å². The zero-order valence-electron chi connectivity index (χ0n) is 11.2. The zero-order valence-corrected chi connectivity index (χ0v) is 11.2. The summed E-state index contributed by atoms with van der Waals surface area (Å²) in [6.45, 7) is 3.03. The Morgan fingerprint density at radius 1 is 1.35 bits per heavy atom. The molecule has 1 aromatic rings. The third kappa shape index (κ3) is 2.52. The summed E-state index contributed by atoms with van der Waals surface area (Å²) in [6, 6.07) is 6.74. The first-order valence-electron chi connectivity index (χ1n) is 6.87. The second-order valence-electron chi connectivity index (χ2n) is 5.47. The van der Waals surface area contributed by atoms with Crippen molar-refractivity contribution < 1.29 is 9.18 Å². The van der Waals surface area contributed by atoms with Gasteiger partial charge >= 0.3 is 0 Å². The molecular weight excluding hydrogens is 257 g/mol. The second kappa shape index (κ2) is 5.22. The smallest absolute Gasteiger partial charge is 0.222 e. The Hall–Kier alpha value is -1.93. The van der Waals surface area contributed by atoms with E-state index in [9.17, 15) is 9.18 Å². The summed E-state index contributed by atoms with van der Waals surface area (Å²) in [7, 11) is 0. The summed E-state index contributed by atoms with van der Waals surface area (Å²) in [5.41, 5.74) is 1.18. The quantitative estimate of drug-likeness (QED) is 0.820. The molecule has 5 heteroatoms. The molecule has 2 fully saturated rings. The summed E-state index contributed by atoms with van der Waals surface area (Å²) in [5, 5.41) is 8.87. The van der Waals surface area contributed by atoms with Crippen molar-refractivity contribution in [2.24, 2.45) is 0 Å². The van der Waals surface area contributed by atoms with Gasteiger partial charge in [0, 0.05) is 38.6 Å². The fourth-order valence-corrected chi connectivity index (χ4v) is 3.14. The molecule has 0 radical (unpaired) electrons. The molecule has 0 spiro atoms. The molecule has 1 atom stereocenters. The molecule has 2 heterocycles. The number of carbonyl (C=O) groups is 1. The Labute approximate surface area is 117 Å². The van der Waals surface area contributed by atoms with Crippen molar-refractivity contribution in [2.45, 2.75) is 25.4 Å². The minimum Gasteiger partial charge on any atom is -0.337 e. The molecule has 0 bridgehead atoms. The van der Waals surface area contributed by atoms with Crippen molar-refractivity contribution in [3.05, 3.63) is 35.1 Å². The normalized spacial score (nSPS) is 22.7. The van der Waals surface area contributed by atoms with Crippen LogP contribution in [0.25, 0.3) is 0 Å². The van der Waals surface area contributed by atoms with Crippen LogP contribution in [0.15, 0.2) is 18.2 Å². The molecular formula is C15H16FN3O. The molecule has 1 unspecified atom stereocenters. The van der Waals surface area contributed by atoms with E-state index in [2.05, 4.69) is 4.90 Å². The van der Waals surface area contributed by atoms with Gasteiger partial charge in [0.15, 0.2) is 0 Å². The fourth-order valence-electron chi connectivity index (χ4n) is 3.14. The third-order valence-electron chi connectivity index (χ3n) is 4.07. The first kappa shape index (κ1) is 13.1. The third-order valence-corrected chi connectivity index (χ3v) is 4.07. The van der Waals surface area contributed by atoms with Gasteiger partial charge in [0.1, 0.15) is 5.82 Å². The number of fused-ring (bicyclic) bond motifs is 1. The monoisotopic (exact) mass is 273 g/mol. The van der Waals surface area contributed by atoms with Crippen molar-refractivity contribution in [3.8, 4) is 6.07 Å². The largest absolute Gasteiger partial charge is 0.337 e. The first-order valence-corrected chi connectivity index (χ1v) is 6.87. The van der Waals surface area contributed by atoms with Gasteiger partial charge in [0.05, 0.1) is 11.6 Å². The highest BCUT2D eigenvalue weighted by molar-refractivity contribution is 5.78. The molecule has 0 saturated carbocycles. The number of rotatable bonds is 2. The lowest BCUT2D eigenvalue weighted by atomic mass is 10.1. The van der Waals surface area contributed by atoms with Crippen LogP contribution in [0.1, 0.15) is 24.0 Å². The maximum atomic E-state index is 13.4. The first-order chi connectivity index (χ1) is 9.65. The average molecular weight is 273 g/mol. The average Bonchev–Trinajstić information content (AvgIpc) is 2.79. The topological polar surface area (TPSA) is 47.3 Å². The van der Waals surface area contributed by atoms with Crippen LogP contribution in [-0.2, 0) is 11.3 Å². The molecule has 1 aromatic carbocycles. The van der Waals surface area contributed by atoms with Crippen LogP contribution in [0.5, 0.6) is 0 Å². The van der Waals surface area contributed by atoms with Crippen LogP contribution >= 0.6 is 0 Å². The van der Waals surface area contributed by atoms with Crippen LogP contribution in [0.4, 0.5) is 4.39 Å². The van der Waals surface area contributed by atoms with E-state index in [0.717, 1.165) is 31.6 Å². The Bertz CT molecular complexity index is 581. The highest BCUT2D eigenvalue weighted by Gasteiger charge is 2.35. The van der Waals surface area contributed by atoms with Gasteiger partial charge < -0.3 is 4.90 Å². The molecule has 2 aliphatic heterocycles. The number of hydrogen-bond acceptors (Lipinski definition) is 3. The predicted molar refractivity (Wildman–Crippen MR) is 71.1 cm³/mol. The van der Waals surface area contributed by atoms with E-state index in [4.69, 9.17) is 5.26 Å². The van der Waals surface area contributed by atoms with E-state index in [1.54, 1.807) is 6.07 Å². The van der Waals surface area contributed by atoms with Gasteiger partial charge in [-0.15, -0.1) is 0 Å². The van der Waals surface area contributed by atoms with Crippen LogP contribution in [0.3, 0.4) is 0 Å². The molecule has 2 aliphatic rings. The minimum atomic E-state index is -0.367. The molecule has 20 heavy (non-hydrogen) atoms. The van der Waals surface area contributed by atoms with Crippen molar-refractivity contribution in [3.63, 3.8) is 0 Å². The lowest BCUT2D eigenvalue weighted by Crippen LogP contribution is -2.50. The van der Waals surface area contributed by atoms with E-state index in [0.29, 0.717) is 24.6 Å². The second-order valence-corrected chi connectivity index (χ2v) is 5.47. The van der Waals surface area contributed by atoms with Crippen molar-refractivity contribution in [1.82, 2.24) is 9.80 Å². The Morgan fingerprint density at radius 3 is 3.00 bits per heavy atom. The van der Waals surface area contributed by atoms with E-state index in [-0.39, 0.29) is 11.7 Å². The van der Waals surface area contributed by atoms with Gasteiger partial charge in [0.25, 0.3) is 0 Å². The summed E-state index contributed by atoms with van der Waals surface area (Å²) in [5.74, 6) is -0.110. The number of amides is 1. The maximum absolute atomic E-state index is 13.4. The van der Waals surface area contributed by atoms with Gasteiger partial charge in [-0.1, -0.05) is 0 Å². The van der Waals surface area contributed by atoms with Crippen molar-refractivity contribution >= 4 is 5.91 Å². The molecule has 1 amide bonds. The molecule has 0 aliphatic carbocycles. The highest BCUT2D eigenvalue weighted by Crippen LogP contribution is 2.24. The number of hydrogen-bond donors (Lipinski definition) is 0. The number of piperazine rings is 1. The molecule has 2 saturated heterocycles. The van der Waals surface area contributed by atoms with E-state index < -0.39 is 0 Å². The Morgan fingerprint density at radius 2 is 2.20 bits per heavy atom. The minimum absolute atomic E-state index is 0.257. The predicted octanol–water partition coefficient (Wildman–Crippen LogP) is 1.50. The van der Waals surface area contributed by atoms with Crippen molar-refractivity contribution in [1.29, 1.82) is 5.26 Å². The lowest BCUT2D eigenvalue weighted by molar-refractivity contribution is -0.130. The molecule has 0 N–H and O–H groups in total.